The van der Waals surface area contributed by atoms with Crippen molar-refractivity contribution in [1.29, 1.82) is 0 Å². The summed E-state index contributed by atoms with van der Waals surface area (Å²) in [7, 11) is -1.76. The van der Waals surface area contributed by atoms with Gasteiger partial charge in [-0.1, -0.05) is 11.6 Å². The van der Waals surface area contributed by atoms with Gasteiger partial charge >= 0.3 is 6.03 Å². The summed E-state index contributed by atoms with van der Waals surface area (Å²) in [6.07, 6.45) is 0.392. The number of ether oxygens (including phenoxy) is 2. The second kappa shape index (κ2) is 8.76. The Balaban J connectivity index is 1.82. The SMILES string of the molecule is COC1=NC=NC2C1NC(=O)N2c1cc(S(=O)(=O)C(C)(C)c2c(OC)ccc(F)c2F)ccc1Cl. The average molecular weight is 527 g/mol. The fourth-order valence-corrected chi connectivity index (χ4v) is 5.87. The number of methoxy groups -OCH3 is 2. The van der Waals surface area contributed by atoms with E-state index in [0.29, 0.717) is 0 Å². The third-order valence-electron chi connectivity index (χ3n) is 5.98. The van der Waals surface area contributed by atoms with E-state index in [1.807, 2.05) is 0 Å². The molecule has 9 nitrogen and oxygen atoms in total. The number of nitrogens with zero attached hydrogens (tertiary/aromatic N) is 3. The van der Waals surface area contributed by atoms with E-state index in [4.69, 9.17) is 21.1 Å². The van der Waals surface area contributed by atoms with E-state index < -0.39 is 50.0 Å². The molecule has 2 amide bonds. The average Bonchev–Trinajstić information content (AvgIpc) is 3.16. The molecule has 1 saturated heterocycles. The van der Waals surface area contributed by atoms with Crippen LogP contribution in [0.5, 0.6) is 5.75 Å². The van der Waals surface area contributed by atoms with Crippen molar-refractivity contribution in [2.45, 2.75) is 35.7 Å². The van der Waals surface area contributed by atoms with Crippen LogP contribution < -0.4 is 15.0 Å². The number of rotatable bonds is 5. The molecule has 35 heavy (non-hydrogen) atoms. The van der Waals surface area contributed by atoms with Crippen molar-refractivity contribution in [2.75, 3.05) is 19.1 Å². The Morgan fingerprint density at radius 3 is 2.51 bits per heavy atom. The van der Waals surface area contributed by atoms with Crippen LogP contribution >= 0.6 is 11.6 Å². The molecule has 2 aromatic rings. The number of benzene rings is 2. The van der Waals surface area contributed by atoms with Gasteiger partial charge in [0.15, 0.2) is 27.6 Å². The normalized spacial score (nSPS) is 19.8. The minimum absolute atomic E-state index is 0.0507. The van der Waals surface area contributed by atoms with Gasteiger partial charge in [0.25, 0.3) is 0 Å². The van der Waals surface area contributed by atoms with E-state index >= 15 is 0 Å². The molecule has 186 valence electrons. The van der Waals surface area contributed by atoms with Gasteiger partial charge in [-0.25, -0.2) is 32.0 Å². The zero-order valence-corrected chi connectivity index (χ0v) is 20.6. The molecule has 2 unspecified atom stereocenters. The maximum Gasteiger partial charge on any atom is 0.324 e. The Hall–Kier alpha value is -3.25. The van der Waals surface area contributed by atoms with Gasteiger partial charge in [-0.15, -0.1) is 0 Å². The number of halogens is 3. The Morgan fingerprint density at radius 2 is 1.86 bits per heavy atom. The van der Waals surface area contributed by atoms with E-state index in [-0.39, 0.29) is 27.3 Å². The highest BCUT2D eigenvalue weighted by Gasteiger charge is 2.47. The zero-order chi connectivity index (χ0) is 25.7. The number of urea groups is 1. The predicted octanol–water partition coefficient (Wildman–Crippen LogP) is 3.65. The molecule has 4 rings (SSSR count). The standard InChI is InChI=1S/C22H21ClF2N4O5S/c1-22(2,16-15(33-3)8-7-13(24)17(16)25)35(31,32)11-5-6-12(23)14(9-11)29-19-18(28-21(29)30)20(34-4)27-10-26-19/h5-10,18-19H,1-4H3,(H,28,30). The number of sulfone groups is 1. The van der Waals surface area contributed by atoms with Crippen LogP contribution in [-0.2, 0) is 19.3 Å². The lowest BCUT2D eigenvalue weighted by molar-refractivity contribution is 0.251. The minimum Gasteiger partial charge on any atom is -0.496 e. The monoisotopic (exact) mass is 526 g/mol. The van der Waals surface area contributed by atoms with Crippen molar-refractivity contribution < 1.29 is 31.5 Å². The van der Waals surface area contributed by atoms with Crippen molar-refractivity contribution >= 4 is 45.4 Å². The third kappa shape index (κ3) is 3.80. The first-order valence-electron chi connectivity index (χ1n) is 10.3. The Labute approximate surface area is 205 Å². The summed E-state index contributed by atoms with van der Waals surface area (Å²) in [6, 6.07) is 4.42. The number of amides is 2. The van der Waals surface area contributed by atoms with Crippen LogP contribution in [-0.4, -0.2) is 53.1 Å². The summed E-state index contributed by atoms with van der Waals surface area (Å²) < 4.78 is 64.8. The van der Waals surface area contributed by atoms with E-state index in [9.17, 15) is 22.0 Å². The third-order valence-corrected chi connectivity index (χ3v) is 8.72. The summed E-state index contributed by atoms with van der Waals surface area (Å²) >= 11 is 6.36. The number of anilines is 1. The summed E-state index contributed by atoms with van der Waals surface area (Å²) in [4.78, 5) is 21.9. The molecule has 1 N–H and O–H groups in total. The summed E-state index contributed by atoms with van der Waals surface area (Å²) in [5.74, 6) is -2.46. The molecule has 0 aliphatic carbocycles. The van der Waals surface area contributed by atoms with Gasteiger partial charge in [-0.2, -0.15) is 0 Å². The Morgan fingerprint density at radius 1 is 1.14 bits per heavy atom. The lowest BCUT2D eigenvalue weighted by Gasteiger charge is -2.29. The molecule has 2 heterocycles. The van der Waals surface area contributed by atoms with Crippen molar-refractivity contribution in [3.63, 3.8) is 0 Å². The van der Waals surface area contributed by atoms with Crippen molar-refractivity contribution in [3.05, 3.63) is 52.6 Å². The van der Waals surface area contributed by atoms with Crippen LogP contribution in [0.1, 0.15) is 19.4 Å². The minimum atomic E-state index is -4.38. The largest absolute Gasteiger partial charge is 0.496 e. The number of carbonyl (C=O) groups is 1. The fourth-order valence-electron chi connectivity index (χ4n) is 4.10. The van der Waals surface area contributed by atoms with Crippen LogP contribution in [0.4, 0.5) is 19.3 Å². The molecule has 2 aliphatic rings. The molecule has 2 aromatic carbocycles. The summed E-state index contributed by atoms with van der Waals surface area (Å²) in [6.45, 7) is 2.48. The highest BCUT2D eigenvalue weighted by molar-refractivity contribution is 7.92. The summed E-state index contributed by atoms with van der Waals surface area (Å²) in [5, 5.41) is 2.75. The predicted molar refractivity (Wildman–Crippen MR) is 126 cm³/mol. The zero-order valence-electron chi connectivity index (χ0n) is 19.0. The summed E-state index contributed by atoms with van der Waals surface area (Å²) in [5.41, 5.74) is -0.414. The molecular formula is C22H21ClF2N4O5S. The van der Waals surface area contributed by atoms with E-state index in [1.54, 1.807) is 0 Å². The van der Waals surface area contributed by atoms with Crippen LogP contribution in [0.15, 0.2) is 45.2 Å². The molecule has 2 atom stereocenters. The second-order valence-electron chi connectivity index (χ2n) is 8.21. The maximum absolute atomic E-state index is 14.8. The molecule has 0 spiro atoms. The smallest absolute Gasteiger partial charge is 0.324 e. The van der Waals surface area contributed by atoms with Crippen molar-refractivity contribution in [3.8, 4) is 5.75 Å². The van der Waals surface area contributed by atoms with Gasteiger partial charge in [0.05, 0.1) is 35.4 Å². The van der Waals surface area contributed by atoms with Gasteiger partial charge < -0.3 is 14.8 Å². The van der Waals surface area contributed by atoms with Crippen LogP contribution in [0, 0.1) is 11.6 Å². The molecule has 13 heteroatoms. The van der Waals surface area contributed by atoms with Crippen molar-refractivity contribution in [2.24, 2.45) is 9.98 Å². The molecule has 0 bridgehead atoms. The van der Waals surface area contributed by atoms with Crippen LogP contribution in [0.3, 0.4) is 0 Å². The van der Waals surface area contributed by atoms with E-state index in [2.05, 4.69) is 15.3 Å². The van der Waals surface area contributed by atoms with Gasteiger partial charge in [0.1, 0.15) is 22.9 Å². The molecule has 0 saturated carbocycles. The number of aliphatic imine (C=N–C) groups is 2. The fraction of sp³-hybridized carbons (Fsp3) is 0.318. The molecule has 0 radical (unpaired) electrons. The van der Waals surface area contributed by atoms with Gasteiger partial charge in [0.2, 0.25) is 5.90 Å². The number of nitrogens with one attached hydrogen (secondary N) is 1. The maximum atomic E-state index is 14.8. The quantitative estimate of drug-likeness (QED) is 0.639. The van der Waals surface area contributed by atoms with Gasteiger partial charge in [-0.3, -0.25) is 4.90 Å². The second-order valence-corrected chi connectivity index (χ2v) is 11.1. The lowest BCUT2D eigenvalue weighted by Crippen LogP contribution is -2.43. The first-order chi connectivity index (χ1) is 16.4. The van der Waals surface area contributed by atoms with Gasteiger partial charge in [-0.05, 0) is 44.2 Å². The van der Waals surface area contributed by atoms with E-state index in [1.165, 1.54) is 57.5 Å². The molecular weight excluding hydrogens is 506 g/mol. The van der Waals surface area contributed by atoms with Crippen LogP contribution in [0.25, 0.3) is 0 Å². The Bertz CT molecular complexity index is 1380. The lowest BCUT2D eigenvalue weighted by atomic mass is 10.00. The van der Waals surface area contributed by atoms with Crippen LogP contribution in [0.2, 0.25) is 5.02 Å². The number of carbonyl (C=O) groups excluding carboxylic acids is 1. The number of fused-ring (bicyclic) bond motifs is 1. The van der Waals surface area contributed by atoms with Gasteiger partial charge in [0, 0.05) is 0 Å². The highest BCUT2D eigenvalue weighted by atomic mass is 35.5. The Kier molecular flexibility index (Phi) is 6.22. The number of hydrogen-bond donors (Lipinski definition) is 1. The highest BCUT2D eigenvalue weighted by Crippen LogP contribution is 2.43. The first-order valence-corrected chi connectivity index (χ1v) is 12.1. The topological polar surface area (TPSA) is 110 Å². The number of hydrogen-bond acceptors (Lipinski definition) is 7. The first kappa shape index (κ1) is 24.9. The molecule has 2 aliphatic heterocycles. The molecule has 1 fully saturated rings. The molecule has 0 aromatic heterocycles. The van der Waals surface area contributed by atoms with Crippen molar-refractivity contribution in [1.82, 2.24) is 5.32 Å². The van der Waals surface area contributed by atoms with E-state index in [0.717, 1.165) is 12.1 Å².